The second kappa shape index (κ2) is 7.40. The Kier molecular flexibility index (Phi) is 5.19. The zero-order valence-corrected chi connectivity index (χ0v) is 16.1. The van der Waals surface area contributed by atoms with Crippen molar-refractivity contribution in [1.29, 1.82) is 0 Å². The van der Waals surface area contributed by atoms with Crippen molar-refractivity contribution in [3.05, 3.63) is 57.2 Å². The van der Waals surface area contributed by atoms with Crippen molar-refractivity contribution in [3.8, 4) is 0 Å². The Labute approximate surface area is 157 Å². The van der Waals surface area contributed by atoms with Gasteiger partial charge in [-0.25, -0.2) is 4.79 Å². The summed E-state index contributed by atoms with van der Waals surface area (Å²) in [5, 5.41) is 8.04. The van der Waals surface area contributed by atoms with E-state index < -0.39 is 0 Å². The molecule has 1 aromatic carbocycles. The highest BCUT2D eigenvalue weighted by molar-refractivity contribution is 5.99. The van der Waals surface area contributed by atoms with Crippen molar-refractivity contribution in [2.24, 2.45) is 0 Å². The highest BCUT2D eigenvalue weighted by Crippen LogP contribution is 2.34. The van der Waals surface area contributed by atoms with Gasteiger partial charge < -0.3 is 19.5 Å². The smallest absolute Gasteiger partial charge is 0.336 e. The molecule has 2 heterocycles. The van der Waals surface area contributed by atoms with Crippen LogP contribution in [-0.2, 0) is 11.3 Å². The van der Waals surface area contributed by atoms with Crippen molar-refractivity contribution in [2.75, 3.05) is 13.1 Å². The fourth-order valence-corrected chi connectivity index (χ4v) is 3.20. The molecule has 1 amide bonds. The van der Waals surface area contributed by atoms with Crippen LogP contribution in [0, 0.1) is 20.8 Å². The molecule has 142 valence electrons. The number of aryl methyl sites for hydroxylation is 3. The van der Waals surface area contributed by atoms with Crippen LogP contribution < -0.4 is 16.3 Å². The molecule has 6 heteroatoms. The molecule has 6 nitrogen and oxygen atoms in total. The molecule has 2 N–H and O–H groups in total. The molecule has 0 aliphatic carbocycles. The molecule has 0 fully saturated rings. The summed E-state index contributed by atoms with van der Waals surface area (Å²) in [5.41, 5.74) is 4.22. The molecule has 0 aliphatic heterocycles. The molecule has 0 unspecified atom stereocenters. The van der Waals surface area contributed by atoms with Crippen molar-refractivity contribution in [3.63, 3.8) is 0 Å². The van der Waals surface area contributed by atoms with Gasteiger partial charge >= 0.3 is 5.63 Å². The summed E-state index contributed by atoms with van der Waals surface area (Å²) in [6.45, 7) is 12.8. The summed E-state index contributed by atoms with van der Waals surface area (Å²) < 4.78 is 11.4. The summed E-state index contributed by atoms with van der Waals surface area (Å²) in [6.07, 6.45) is 0. The molecule has 3 aromatic rings. The molecule has 0 atom stereocenters. The van der Waals surface area contributed by atoms with Gasteiger partial charge in [0.1, 0.15) is 16.9 Å². The van der Waals surface area contributed by atoms with Crippen LogP contribution in [0.25, 0.3) is 21.9 Å². The van der Waals surface area contributed by atoms with Crippen LogP contribution in [0.2, 0.25) is 0 Å². The summed E-state index contributed by atoms with van der Waals surface area (Å²) in [6, 6.07) is 3.52. The minimum absolute atomic E-state index is 0.138. The molecular formula is C21H24N2O4. The van der Waals surface area contributed by atoms with Gasteiger partial charge in [-0.2, -0.15) is 0 Å². The van der Waals surface area contributed by atoms with Gasteiger partial charge in [0.15, 0.2) is 0 Å². The van der Waals surface area contributed by atoms with Gasteiger partial charge in [0.25, 0.3) is 0 Å². The lowest BCUT2D eigenvalue weighted by atomic mass is 10.0. The van der Waals surface area contributed by atoms with E-state index in [4.69, 9.17) is 8.83 Å². The first kappa shape index (κ1) is 18.9. The lowest BCUT2D eigenvalue weighted by Gasteiger charge is -2.07. The molecule has 2 aromatic heterocycles. The highest BCUT2D eigenvalue weighted by atomic mass is 16.4. The lowest BCUT2D eigenvalue weighted by molar-refractivity contribution is -0.117. The number of furan rings is 1. The minimum atomic E-state index is -0.357. The van der Waals surface area contributed by atoms with E-state index in [1.165, 1.54) is 6.07 Å². The van der Waals surface area contributed by atoms with Crippen LogP contribution in [0.5, 0.6) is 0 Å². The Morgan fingerprint density at radius 2 is 1.78 bits per heavy atom. The Morgan fingerprint density at radius 3 is 2.48 bits per heavy atom. The number of hydrogen-bond acceptors (Lipinski definition) is 5. The van der Waals surface area contributed by atoms with E-state index in [-0.39, 0.29) is 11.5 Å². The molecular weight excluding hydrogens is 344 g/mol. The van der Waals surface area contributed by atoms with Gasteiger partial charge in [0.2, 0.25) is 5.91 Å². The number of nitrogens with one attached hydrogen (secondary N) is 2. The predicted molar refractivity (Wildman–Crippen MR) is 106 cm³/mol. The summed E-state index contributed by atoms with van der Waals surface area (Å²) in [7, 11) is 0. The van der Waals surface area contributed by atoms with Gasteiger partial charge in [0.05, 0.1) is 0 Å². The zero-order valence-electron chi connectivity index (χ0n) is 16.1. The first-order chi connectivity index (χ1) is 12.8. The highest BCUT2D eigenvalue weighted by Gasteiger charge is 2.17. The maximum atomic E-state index is 11.7. The van der Waals surface area contributed by atoms with E-state index in [0.29, 0.717) is 30.8 Å². The topological polar surface area (TPSA) is 84.5 Å². The SMILES string of the molecule is C=C(C)C(=O)NCCNCc1c(C)oc2c(C)c3oc(=O)cc(C)c3cc12. The maximum Gasteiger partial charge on any atom is 0.336 e. The van der Waals surface area contributed by atoms with Gasteiger partial charge in [-0.05, 0) is 39.3 Å². The number of amides is 1. The van der Waals surface area contributed by atoms with Crippen LogP contribution in [0.3, 0.4) is 0 Å². The maximum absolute atomic E-state index is 11.7. The van der Waals surface area contributed by atoms with E-state index >= 15 is 0 Å². The molecule has 0 radical (unpaired) electrons. The first-order valence-corrected chi connectivity index (χ1v) is 8.90. The standard InChI is InChI=1S/C21H24N2O4/c1-11(2)21(25)23-7-6-22-10-17-14(5)26-20-13(4)19-15(9-16(17)20)12(3)8-18(24)27-19/h8-9,22H,1,6-7,10H2,2-5H3,(H,23,25). The molecule has 0 aliphatic rings. The zero-order chi connectivity index (χ0) is 19.7. The average molecular weight is 368 g/mol. The van der Waals surface area contributed by atoms with Gasteiger partial charge in [-0.3, -0.25) is 4.79 Å². The van der Waals surface area contributed by atoms with E-state index in [1.54, 1.807) is 6.92 Å². The van der Waals surface area contributed by atoms with E-state index in [0.717, 1.165) is 38.8 Å². The quantitative estimate of drug-likeness (QED) is 0.396. The molecule has 0 saturated heterocycles. The van der Waals surface area contributed by atoms with E-state index in [1.807, 2.05) is 26.8 Å². The number of hydrogen-bond donors (Lipinski definition) is 2. The Balaban J connectivity index is 1.86. The van der Waals surface area contributed by atoms with Crippen LogP contribution >= 0.6 is 0 Å². The minimum Gasteiger partial charge on any atom is -0.461 e. The number of benzene rings is 1. The third-order valence-corrected chi connectivity index (χ3v) is 4.70. The number of fused-ring (bicyclic) bond motifs is 2. The van der Waals surface area contributed by atoms with Crippen LogP contribution in [0.1, 0.15) is 29.4 Å². The number of rotatable bonds is 6. The molecule has 27 heavy (non-hydrogen) atoms. The Hall–Kier alpha value is -2.86. The van der Waals surface area contributed by atoms with Crippen molar-refractivity contribution in [2.45, 2.75) is 34.2 Å². The Morgan fingerprint density at radius 1 is 1.07 bits per heavy atom. The van der Waals surface area contributed by atoms with Crippen LogP contribution in [0.15, 0.2) is 37.9 Å². The van der Waals surface area contributed by atoms with Crippen molar-refractivity contribution >= 4 is 27.8 Å². The monoisotopic (exact) mass is 368 g/mol. The average Bonchev–Trinajstić information content (AvgIpc) is 2.92. The van der Waals surface area contributed by atoms with Crippen molar-refractivity contribution < 1.29 is 13.6 Å². The van der Waals surface area contributed by atoms with Crippen LogP contribution in [-0.4, -0.2) is 19.0 Å². The molecule has 0 spiro atoms. The lowest BCUT2D eigenvalue weighted by Crippen LogP contribution is -2.31. The van der Waals surface area contributed by atoms with Crippen LogP contribution in [0.4, 0.5) is 0 Å². The van der Waals surface area contributed by atoms with E-state index in [9.17, 15) is 9.59 Å². The van der Waals surface area contributed by atoms with E-state index in [2.05, 4.69) is 17.2 Å². The normalized spacial score (nSPS) is 11.3. The molecule has 3 rings (SSSR count). The molecule has 0 bridgehead atoms. The third-order valence-electron chi connectivity index (χ3n) is 4.70. The predicted octanol–water partition coefficient (Wildman–Crippen LogP) is 3.25. The van der Waals surface area contributed by atoms with Gasteiger partial charge in [-0.15, -0.1) is 0 Å². The fourth-order valence-electron chi connectivity index (χ4n) is 3.20. The summed E-state index contributed by atoms with van der Waals surface area (Å²) >= 11 is 0. The second-order valence-corrected chi connectivity index (χ2v) is 6.85. The summed E-state index contributed by atoms with van der Waals surface area (Å²) in [4.78, 5) is 23.2. The summed E-state index contributed by atoms with van der Waals surface area (Å²) in [5.74, 6) is 0.683. The largest absolute Gasteiger partial charge is 0.461 e. The first-order valence-electron chi connectivity index (χ1n) is 8.90. The van der Waals surface area contributed by atoms with Gasteiger partial charge in [-0.1, -0.05) is 6.58 Å². The van der Waals surface area contributed by atoms with Crippen molar-refractivity contribution in [1.82, 2.24) is 10.6 Å². The number of carbonyl (C=O) groups is 1. The molecule has 0 saturated carbocycles. The third kappa shape index (κ3) is 3.66. The fraction of sp³-hybridized carbons (Fsp3) is 0.333. The number of carbonyl (C=O) groups excluding carboxylic acids is 1. The van der Waals surface area contributed by atoms with Gasteiger partial charge in [0, 0.05) is 53.2 Å². The Bertz CT molecular complexity index is 1100. The second-order valence-electron chi connectivity index (χ2n) is 6.85.